The highest BCUT2D eigenvalue weighted by molar-refractivity contribution is 9.11. The van der Waals surface area contributed by atoms with Crippen LogP contribution in [-0.4, -0.2) is 6.08 Å². The van der Waals surface area contributed by atoms with Gasteiger partial charge in [0.05, 0.1) is 14.0 Å². The maximum atomic E-state index is 13.2. The van der Waals surface area contributed by atoms with Crippen molar-refractivity contribution in [1.82, 2.24) is 0 Å². The van der Waals surface area contributed by atoms with Crippen molar-refractivity contribution in [2.45, 2.75) is 0 Å². The van der Waals surface area contributed by atoms with E-state index in [1.807, 2.05) is 0 Å². The monoisotopic (exact) mass is 327 g/mol. The predicted octanol–water partition coefficient (Wildman–Crippen LogP) is 3.97. The predicted molar refractivity (Wildman–Crippen MR) is 54.6 cm³/mol. The van der Waals surface area contributed by atoms with E-state index in [9.17, 15) is 9.18 Å². The van der Waals surface area contributed by atoms with Crippen molar-refractivity contribution in [2.24, 2.45) is 4.99 Å². The lowest BCUT2D eigenvalue weighted by Crippen LogP contribution is -1.82. The summed E-state index contributed by atoms with van der Waals surface area (Å²) in [5, 5.41) is 0.170. The Balaban J connectivity index is 3.52. The number of aliphatic imine (C=N–C) groups is 1. The van der Waals surface area contributed by atoms with Gasteiger partial charge < -0.3 is 0 Å². The van der Waals surface area contributed by atoms with Crippen molar-refractivity contribution in [3.63, 3.8) is 0 Å². The van der Waals surface area contributed by atoms with Gasteiger partial charge in [-0.2, -0.15) is 4.99 Å². The van der Waals surface area contributed by atoms with Crippen LogP contribution in [0.15, 0.2) is 20.0 Å². The molecule has 6 heteroatoms. The molecule has 1 aromatic carbocycles. The number of hydrogen-bond donors (Lipinski definition) is 0. The highest BCUT2D eigenvalue weighted by Crippen LogP contribution is 2.38. The van der Waals surface area contributed by atoms with E-state index in [0.29, 0.717) is 0 Å². The normalized spacial score (nSPS) is 9.54. The number of nitrogens with zero attached hydrogens (tertiary/aromatic N) is 1. The van der Waals surface area contributed by atoms with E-state index in [-0.39, 0.29) is 19.7 Å². The Bertz CT molecular complexity index is 404. The molecule has 0 atom stereocenters. The van der Waals surface area contributed by atoms with Crippen LogP contribution in [0.2, 0.25) is 5.02 Å². The second-order valence-corrected chi connectivity index (χ2v) is 4.07. The Labute approximate surface area is 95.1 Å². The molecule has 2 nitrogen and oxygen atoms in total. The van der Waals surface area contributed by atoms with Crippen molar-refractivity contribution < 1.29 is 9.18 Å². The van der Waals surface area contributed by atoms with Crippen LogP contribution in [0.4, 0.5) is 10.1 Å². The second-order valence-electron chi connectivity index (χ2n) is 2.02. The van der Waals surface area contributed by atoms with Gasteiger partial charge in [0.15, 0.2) is 5.82 Å². The first-order chi connectivity index (χ1) is 6.07. The fourth-order valence-electron chi connectivity index (χ4n) is 0.705. The summed E-state index contributed by atoms with van der Waals surface area (Å²) in [6, 6.07) is 1.32. The lowest BCUT2D eigenvalue weighted by atomic mass is 10.3. The zero-order valence-corrected chi connectivity index (χ0v) is 9.87. The van der Waals surface area contributed by atoms with Crippen LogP contribution in [0.25, 0.3) is 0 Å². The summed E-state index contributed by atoms with van der Waals surface area (Å²) < 4.78 is 13.4. The molecular weight excluding hydrogens is 328 g/mol. The lowest BCUT2D eigenvalue weighted by Gasteiger charge is -2.02. The minimum absolute atomic E-state index is 0.0372. The maximum Gasteiger partial charge on any atom is 0.240 e. The summed E-state index contributed by atoms with van der Waals surface area (Å²) in [6.45, 7) is 0. The molecule has 0 aliphatic rings. The van der Waals surface area contributed by atoms with E-state index in [1.54, 1.807) is 0 Å². The van der Waals surface area contributed by atoms with E-state index < -0.39 is 5.82 Å². The minimum Gasteiger partial charge on any atom is -0.211 e. The van der Waals surface area contributed by atoms with Crippen LogP contribution in [0.5, 0.6) is 0 Å². The van der Waals surface area contributed by atoms with Crippen LogP contribution >= 0.6 is 43.5 Å². The average molecular weight is 329 g/mol. The first kappa shape index (κ1) is 10.9. The van der Waals surface area contributed by atoms with E-state index in [1.165, 1.54) is 12.1 Å². The van der Waals surface area contributed by atoms with Crippen molar-refractivity contribution >= 4 is 55.2 Å². The maximum absolute atomic E-state index is 13.2. The molecule has 1 aromatic rings. The number of rotatable bonds is 1. The van der Waals surface area contributed by atoms with Gasteiger partial charge in [0.1, 0.15) is 5.69 Å². The molecule has 0 spiro atoms. The highest BCUT2D eigenvalue weighted by Gasteiger charge is 2.13. The quantitative estimate of drug-likeness (QED) is 0.332. The zero-order chi connectivity index (χ0) is 10.0. The van der Waals surface area contributed by atoms with Gasteiger partial charge >= 0.3 is 0 Å². The van der Waals surface area contributed by atoms with Gasteiger partial charge in [-0.25, -0.2) is 9.18 Å². The van der Waals surface area contributed by atoms with Crippen molar-refractivity contribution in [1.29, 1.82) is 0 Å². The smallest absolute Gasteiger partial charge is 0.211 e. The molecule has 0 fully saturated rings. The number of isocyanates is 1. The van der Waals surface area contributed by atoms with Gasteiger partial charge in [0.2, 0.25) is 6.08 Å². The molecule has 0 amide bonds. The molecule has 0 aliphatic heterocycles. The van der Waals surface area contributed by atoms with E-state index in [0.717, 1.165) is 0 Å². The number of carbonyl (C=O) groups excluding carboxylic acids is 1. The molecular formula is C7HBr2ClFNO. The number of benzene rings is 1. The SMILES string of the molecule is O=C=Nc1c(Cl)cc(Br)c(F)c1Br. The van der Waals surface area contributed by atoms with E-state index >= 15 is 0 Å². The summed E-state index contributed by atoms with van der Waals surface area (Å²) in [6.07, 6.45) is 1.29. The third-order valence-electron chi connectivity index (χ3n) is 1.25. The van der Waals surface area contributed by atoms with Crippen LogP contribution < -0.4 is 0 Å². The summed E-state index contributed by atoms with van der Waals surface area (Å²) in [5.74, 6) is -0.557. The molecule has 0 bridgehead atoms. The Kier molecular flexibility index (Phi) is 3.62. The summed E-state index contributed by atoms with van der Waals surface area (Å²) >= 11 is 11.6. The molecule has 1 rings (SSSR count). The van der Waals surface area contributed by atoms with Gasteiger partial charge in [0, 0.05) is 0 Å². The zero-order valence-electron chi connectivity index (χ0n) is 5.94. The topological polar surface area (TPSA) is 29.4 Å². The summed E-state index contributed by atoms with van der Waals surface area (Å²) in [4.78, 5) is 13.2. The van der Waals surface area contributed by atoms with Gasteiger partial charge in [-0.3, -0.25) is 0 Å². The van der Waals surface area contributed by atoms with E-state index in [4.69, 9.17) is 11.6 Å². The van der Waals surface area contributed by atoms with Crippen LogP contribution in [0, 0.1) is 5.82 Å². The largest absolute Gasteiger partial charge is 0.240 e. The third kappa shape index (κ3) is 2.17. The van der Waals surface area contributed by atoms with E-state index in [2.05, 4.69) is 36.9 Å². The third-order valence-corrected chi connectivity index (χ3v) is 2.84. The van der Waals surface area contributed by atoms with Gasteiger partial charge in [0.25, 0.3) is 0 Å². The Morgan fingerprint density at radius 1 is 1.54 bits per heavy atom. The molecule has 0 aliphatic carbocycles. The molecule has 0 radical (unpaired) electrons. The lowest BCUT2D eigenvalue weighted by molar-refractivity contribution is 0.565. The Morgan fingerprint density at radius 3 is 2.69 bits per heavy atom. The molecule has 0 saturated carbocycles. The fourth-order valence-corrected chi connectivity index (χ4v) is 2.41. The van der Waals surface area contributed by atoms with Gasteiger partial charge in [-0.05, 0) is 37.9 Å². The molecule has 0 saturated heterocycles. The minimum atomic E-state index is -0.557. The first-order valence-electron chi connectivity index (χ1n) is 2.98. The van der Waals surface area contributed by atoms with Crippen molar-refractivity contribution in [2.75, 3.05) is 0 Å². The van der Waals surface area contributed by atoms with Crippen molar-refractivity contribution in [3.05, 3.63) is 25.9 Å². The summed E-state index contributed by atoms with van der Waals surface area (Å²) in [5.41, 5.74) is 0.0392. The molecule has 0 heterocycles. The fraction of sp³-hybridized carbons (Fsp3) is 0. The average Bonchev–Trinajstić information content (AvgIpc) is 2.09. The van der Waals surface area contributed by atoms with Crippen molar-refractivity contribution in [3.8, 4) is 0 Å². The standard InChI is InChI=1S/C7HBr2ClFNO/c8-3-1-4(10)7(12-2-13)5(9)6(3)11/h1H. The van der Waals surface area contributed by atoms with Gasteiger partial charge in [-0.15, -0.1) is 0 Å². The number of halogens is 4. The first-order valence-corrected chi connectivity index (χ1v) is 4.95. The van der Waals surface area contributed by atoms with Gasteiger partial charge in [-0.1, -0.05) is 11.6 Å². The van der Waals surface area contributed by atoms with Crippen LogP contribution in [-0.2, 0) is 4.79 Å². The van der Waals surface area contributed by atoms with Crippen LogP contribution in [0.3, 0.4) is 0 Å². The molecule has 13 heavy (non-hydrogen) atoms. The molecule has 0 aromatic heterocycles. The highest BCUT2D eigenvalue weighted by atomic mass is 79.9. The Morgan fingerprint density at radius 2 is 2.15 bits per heavy atom. The molecule has 0 N–H and O–H groups in total. The Hall–Kier alpha value is -0.220. The van der Waals surface area contributed by atoms with Crippen LogP contribution in [0.1, 0.15) is 0 Å². The molecule has 0 unspecified atom stereocenters. The second kappa shape index (κ2) is 4.33. The number of hydrogen-bond acceptors (Lipinski definition) is 2. The summed E-state index contributed by atoms with van der Waals surface area (Å²) in [7, 11) is 0. The molecule has 68 valence electrons.